The summed E-state index contributed by atoms with van der Waals surface area (Å²) in [5.74, 6) is 0. The summed E-state index contributed by atoms with van der Waals surface area (Å²) in [5, 5.41) is 0. The molecule has 2 atom stereocenters. The average Bonchev–Trinajstić information content (AvgIpc) is 2.30. The molecule has 16 heavy (non-hydrogen) atoms. The Hall–Kier alpha value is -0.190. The van der Waals surface area contributed by atoms with Gasteiger partial charge < -0.3 is 15.4 Å². The van der Waals surface area contributed by atoms with Crippen LogP contribution < -0.4 is 5.73 Å². The van der Waals surface area contributed by atoms with Crippen molar-refractivity contribution in [3.8, 4) is 0 Å². The van der Waals surface area contributed by atoms with Crippen LogP contribution in [-0.2, 0) is 4.74 Å². The van der Waals surface area contributed by atoms with Gasteiger partial charge in [0.1, 0.15) is 0 Å². The lowest BCUT2D eigenvalue weighted by Crippen LogP contribution is -2.41. The van der Waals surface area contributed by atoms with Crippen molar-refractivity contribution in [3.05, 3.63) is 0 Å². The average molecular weight is 244 g/mol. The smallest absolute Gasteiger partial charge is 0.0740 e. The highest BCUT2D eigenvalue weighted by Crippen LogP contribution is 2.24. The molecule has 0 saturated heterocycles. The Kier molecular flexibility index (Phi) is 6.24. The first-order chi connectivity index (χ1) is 7.67. The van der Waals surface area contributed by atoms with Crippen molar-refractivity contribution in [2.45, 2.75) is 51.2 Å². The van der Waals surface area contributed by atoms with Gasteiger partial charge in [0, 0.05) is 26.1 Å². The van der Waals surface area contributed by atoms with Gasteiger partial charge in [0.05, 0.1) is 11.1 Å². The second-order valence-corrected chi connectivity index (χ2v) is 5.05. The van der Waals surface area contributed by atoms with E-state index in [9.17, 15) is 0 Å². The van der Waals surface area contributed by atoms with E-state index in [1.165, 1.54) is 19.3 Å². The topological polar surface area (TPSA) is 38.5 Å². The molecule has 0 heterocycles. The van der Waals surface area contributed by atoms with Crippen LogP contribution in [0.3, 0.4) is 0 Å². The number of hydrogen-bond donors (Lipinski definition) is 1. The van der Waals surface area contributed by atoms with E-state index in [0.29, 0.717) is 17.1 Å². The monoisotopic (exact) mass is 244 g/mol. The van der Waals surface area contributed by atoms with Gasteiger partial charge >= 0.3 is 0 Å². The zero-order chi connectivity index (χ0) is 12.0. The van der Waals surface area contributed by atoms with Gasteiger partial charge in [0.2, 0.25) is 0 Å². The number of nitrogens with two attached hydrogens (primary N) is 1. The molecular formula is C12H24N2OS. The normalized spacial score (nSPS) is 25.9. The predicted molar refractivity (Wildman–Crippen MR) is 71.7 cm³/mol. The molecule has 0 aromatic heterocycles. The molecular weight excluding hydrogens is 220 g/mol. The summed E-state index contributed by atoms with van der Waals surface area (Å²) in [7, 11) is 1.82. The minimum atomic E-state index is 0.442. The highest BCUT2D eigenvalue weighted by Gasteiger charge is 2.25. The molecule has 2 N–H and O–H groups in total. The van der Waals surface area contributed by atoms with E-state index in [2.05, 4.69) is 11.8 Å². The van der Waals surface area contributed by atoms with Gasteiger partial charge in [-0.3, -0.25) is 0 Å². The van der Waals surface area contributed by atoms with Crippen molar-refractivity contribution in [2.24, 2.45) is 5.73 Å². The number of hydrogen-bond acceptors (Lipinski definition) is 3. The van der Waals surface area contributed by atoms with Crippen molar-refractivity contribution in [1.82, 2.24) is 4.90 Å². The molecule has 0 bridgehead atoms. The molecule has 0 aromatic rings. The molecule has 1 aliphatic rings. The lowest BCUT2D eigenvalue weighted by Gasteiger charge is -2.36. The number of rotatable bonds is 6. The van der Waals surface area contributed by atoms with Gasteiger partial charge in [0.25, 0.3) is 0 Å². The fourth-order valence-corrected chi connectivity index (χ4v) is 2.61. The van der Waals surface area contributed by atoms with Gasteiger partial charge in [-0.05, 0) is 32.2 Å². The van der Waals surface area contributed by atoms with Crippen LogP contribution in [0.5, 0.6) is 0 Å². The number of methoxy groups -OCH3 is 1. The van der Waals surface area contributed by atoms with E-state index in [1.807, 2.05) is 7.11 Å². The summed E-state index contributed by atoms with van der Waals surface area (Å²) in [6.07, 6.45) is 6.19. The first kappa shape index (κ1) is 13.9. The molecule has 0 aromatic carbocycles. The zero-order valence-corrected chi connectivity index (χ0v) is 11.3. The molecule has 1 saturated carbocycles. The highest BCUT2D eigenvalue weighted by atomic mass is 32.1. The van der Waals surface area contributed by atoms with Crippen LogP contribution in [0.15, 0.2) is 0 Å². The van der Waals surface area contributed by atoms with Gasteiger partial charge in [0.15, 0.2) is 0 Å². The second-order valence-electron chi connectivity index (χ2n) is 4.52. The van der Waals surface area contributed by atoms with Crippen LogP contribution in [-0.4, -0.2) is 42.2 Å². The van der Waals surface area contributed by atoms with Gasteiger partial charge in [-0.1, -0.05) is 19.1 Å². The summed E-state index contributed by atoms with van der Waals surface area (Å²) < 4.78 is 5.46. The van der Waals surface area contributed by atoms with E-state index < -0.39 is 0 Å². The van der Waals surface area contributed by atoms with E-state index in [1.54, 1.807) is 0 Å². The fraction of sp³-hybridized carbons (Fsp3) is 0.917. The van der Waals surface area contributed by atoms with Crippen LogP contribution in [0.25, 0.3) is 0 Å². The maximum Gasteiger partial charge on any atom is 0.0740 e. The molecule has 0 amide bonds. The van der Waals surface area contributed by atoms with E-state index in [-0.39, 0.29) is 0 Å². The number of thiocarbonyl (C=S) groups is 1. The first-order valence-electron chi connectivity index (χ1n) is 6.22. The minimum absolute atomic E-state index is 0.442. The van der Waals surface area contributed by atoms with Crippen molar-refractivity contribution in [1.29, 1.82) is 0 Å². The summed E-state index contributed by atoms with van der Waals surface area (Å²) >= 11 is 4.94. The van der Waals surface area contributed by atoms with Crippen molar-refractivity contribution in [2.75, 3.05) is 20.2 Å². The molecule has 1 fully saturated rings. The molecule has 3 nitrogen and oxygen atoms in total. The van der Waals surface area contributed by atoms with Crippen molar-refractivity contribution >= 4 is 17.2 Å². The summed E-state index contributed by atoms with van der Waals surface area (Å²) in [6, 6.07) is 0.651. The zero-order valence-electron chi connectivity index (χ0n) is 10.4. The van der Waals surface area contributed by atoms with E-state index in [4.69, 9.17) is 22.7 Å². The lowest BCUT2D eigenvalue weighted by atomic mass is 9.91. The van der Waals surface area contributed by atoms with Crippen LogP contribution in [0.1, 0.15) is 39.0 Å². The van der Waals surface area contributed by atoms with E-state index in [0.717, 1.165) is 25.9 Å². The minimum Gasteiger partial charge on any atom is -0.393 e. The fourth-order valence-electron chi connectivity index (χ4n) is 2.52. The molecule has 0 aliphatic heterocycles. The standard InChI is InChI=1S/C12H24N2OS/c1-3-14(8-7-12(13)16)10-5-4-6-11(9-10)15-2/h10-11H,3-9H2,1-2H3,(H2,13,16). The first-order valence-corrected chi connectivity index (χ1v) is 6.63. The highest BCUT2D eigenvalue weighted by molar-refractivity contribution is 7.80. The Balaban J connectivity index is 2.41. The summed E-state index contributed by atoms with van der Waals surface area (Å²) in [6.45, 7) is 4.27. The SMILES string of the molecule is CCN(CCC(N)=S)C1CCCC(OC)C1. The largest absolute Gasteiger partial charge is 0.393 e. The number of nitrogens with zero attached hydrogens (tertiary/aromatic N) is 1. The Morgan fingerprint density at radius 2 is 2.25 bits per heavy atom. The van der Waals surface area contributed by atoms with Gasteiger partial charge in [-0.25, -0.2) is 0 Å². The predicted octanol–water partition coefficient (Wildman–Crippen LogP) is 1.94. The third kappa shape index (κ3) is 4.36. The maximum atomic E-state index is 5.56. The van der Waals surface area contributed by atoms with Gasteiger partial charge in [-0.15, -0.1) is 0 Å². The Morgan fingerprint density at radius 1 is 1.50 bits per heavy atom. The van der Waals surface area contributed by atoms with E-state index >= 15 is 0 Å². The Bertz CT molecular complexity index is 223. The maximum absolute atomic E-state index is 5.56. The summed E-state index contributed by atoms with van der Waals surface area (Å²) in [5.41, 5.74) is 5.56. The Morgan fingerprint density at radius 3 is 2.81 bits per heavy atom. The Labute approximate surface area is 104 Å². The van der Waals surface area contributed by atoms with Crippen molar-refractivity contribution < 1.29 is 4.74 Å². The van der Waals surface area contributed by atoms with Crippen LogP contribution >= 0.6 is 12.2 Å². The molecule has 2 unspecified atom stereocenters. The molecule has 4 heteroatoms. The van der Waals surface area contributed by atoms with Crippen molar-refractivity contribution in [3.63, 3.8) is 0 Å². The van der Waals surface area contributed by atoms with Crippen LogP contribution in [0.2, 0.25) is 0 Å². The third-order valence-electron chi connectivity index (χ3n) is 3.50. The van der Waals surface area contributed by atoms with Gasteiger partial charge in [-0.2, -0.15) is 0 Å². The molecule has 0 radical (unpaired) electrons. The quantitative estimate of drug-likeness (QED) is 0.725. The van der Waals surface area contributed by atoms with Crippen LogP contribution in [0.4, 0.5) is 0 Å². The third-order valence-corrected chi connectivity index (χ3v) is 3.70. The number of ether oxygens (including phenoxy) is 1. The molecule has 1 rings (SSSR count). The lowest BCUT2D eigenvalue weighted by molar-refractivity contribution is 0.0300. The van der Waals surface area contributed by atoms with Crippen LogP contribution in [0, 0.1) is 0 Å². The molecule has 0 spiro atoms. The molecule has 1 aliphatic carbocycles. The summed E-state index contributed by atoms with van der Waals surface area (Å²) in [4.78, 5) is 3.11. The second kappa shape index (κ2) is 7.20. The molecule has 94 valence electrons.